The first-order valence-electron chi connectivity index (χ1n) is 7.32. The molecule has 0 bridgehead atoms. The lowest BCUT2D eigenvalue weighted by Crippen LogP contribution is -2.24. The summed E-state index contributed by atoms with van der Waals surface area (Å²) in [5.41, 5.74) is -0.0817. The molecule has 0 amide bonds. The number of fused-ring (bicyclic) bond motifs is 3. The number of hydrogen-bond donors (Lipinski definition) is 0. The van der Waals surface area contributed by atoms with E-state index in [1.165, 1.54) is 14.2 Å². The summed E-state index contributed by atoms with van der Waals surface area (Å²) >= 11 is 0. The topological polar surface area (TPSA) is 75.0 Å². The summed E-state index contributed by atoms with van der Waals surface area (Å²) in [5, 5.41) is 1.97. The van der Waals surface area contributed by atoms with Crippen molar-refractivity contribution in [1.82, 2.24) is 0 Å². The maximum absolute atomic E-state index is 12.2. The first kappa shape index (κ1) is 15.9. The Balaban J connectivity index is 2.09. The van der Waals surface area contributed by atoms with E-state index in [1.807, 2.05) is 6.07 Å². The minimum absolute atomic E-state index is 0.382. The van der Waals surface area contributed by atoms with Crippen LogP contribution in [0, 0.1) is 0 Å². The van der Waals surface area contributed by atoms with Gasteiger partial charge in [-0.25, -0.2) is 9.59 Å². The maximum atomic E-state index is 12.2. The predicted molar refractivity (Wildman–Crippen MR) is 88.6 cm³/mol. The Hall–Kier alpha value is -3.02. The molecule has 24 heavy (non-hydrogen) atoms. The van der Waals surface area contributed by atoms with Gasteiger partial charge in [-0.1, -0.05) is 0 Å². The molecule has 0 N–H and O–H groups in total. The van der Waals surface area contributed by atoms with Gasteiger partial charge in [0.05, 0.1) is 19.6 Å². The van der Waals surface area contributed by atoms with Crippen LogP contribution in [-0.4, -0.2) is 26.3 Å². The van der Waals surface area contributed by atoms with Gasteiger partial charge >= 0.3 is 11.6 Å². The second kappa shape index (κ2) is 6.23. The fourth-order valence-corrected chi connectivity index (χ4v) is 2.51. The summed E-state index contributed by atoms with van der Waals surface area (Å²) in [6.07, 6.45) is -0.760. The van der Waals surface area contributed by atoms with Crippen LogP contribution < -0.4 is 15.1 Å². The van der Waals surface area contributed by atoms with E-state index in [0.717, 1.165) is 10.8 Å². The fourth-order valence-electron chi connectivity index (χ4n) is 2.51. The van der Waals surface area contributed by atoms with Crippen LogP contribution in [0.3, 0.4) is 0 Å². The van der Waals surface area contributed by atoms with E-state index in [1.54, 1.807) is 37.3 Å². The first-order chi connectivity index (χ1) is 11.5. The van der Waals surface area contributed by atoms with Crippen LogP contribution in [0.15, 0.2) is 45.6 Å². The molecule has 0 aliphatic carbocycles. The normalized spacial score (nSPS) is 12.1. The van der Waals surface area contributed by atoms with Crippen LogP contribution in [0.5, 0.6) is 11.5 Å². The average molecular weight is 328 g/mol. The highest BCUT2D eigenvalue weighted by atomic mass is 16.6. The molecule has 0 saturated carbocycles. The van der Waals surface area contributed by atoms with Crippen molar-refractivity contribution in [3.05, 3.63) is 46.8 Å². The van der Waals surface area contributed by atoms with E-state index >= 15 is 0 Å². The zero-order chi connectivity index (χ0) is 17.3. The van der Waals surface area contributed by atoms with E-state index < -0.39 is 17.7 Å². The third-order valence-corrected chi connectivity index (χ3v) is 3.74. The van der Waals surface area contributed by atoms with Crippen molar-refractivity contribution in [2.45, 2.75) is 13.0 Å². The van der Waals surface area contributed by atoms with Crippen molar-refractivity contribution in [3.63, 3.8) is 0 Å². The van der Waals surface area contributed by atoms with Crippen LogP contribution in [-0.2, 0) is 9.53 Å². The summed E-state index contributed by atoms with van der Waals surface area (Å²) in [6.45, 7) is 1.58. The molecule has 0 spiro atoms. The zero-order valence-electron chi connectivity index (χ0n) is 13.5. The molecule has 1 atom stereocenters. The molecule has 0 aliphatic heterocycles. The molecule has 1 aromatic heterocycles. The molecule has 0 radical (unpaired) electrons. The Morgan fingerprint density at radius 3 is 2.42 bits per heavy atom. The number of benzene rings is 2. The van der Waals surface area contributed by atoms with Crippen LogP contribution in [0.4, 0.5) is 0 Å². The quantitative estimate of drug-likeness (QED) is 0.416. The number of rotatable bonds is 4. The highest BCUT2D eigenvalue weighted by molar-refractivity contribution is 6.04. The molecule has 0 unspecified atom stereocenters. The van der Waals surface area contributed by atoms with Gasteiger partial charge in [-0.2, -0.15) is 0 Å². The molecule has 3 aromatic rings. The van der Waals surface area contributed by atoms with Gasteiger partial charge in [0.1, 0.15) is 17.1 Å². The number of methoxy groups -OCH3 is 2. The van der Waals surface area contributed by atoms with Gasteiger partial charge in [-0.05, 0) is 37.3 Å². The van der Waals surface area contributed by atoms with Crippen LogP contribution in [0.25, 0.3) is 21.7 Å². The van der Waals surface area contributed by atoms with E-state index in [9.17, 15) is 9.59 Å². The number of carbonyl (C=O) groups is 1. The standard InChI is InChI=1S/C18H16O6/c1-10(17(19)22-3)23-12-5-7-14-13-6-4-11(21-2)8-15(13)18(20)24-16(14)9-12/h4-10H,1-3H3/t10-/m0/s1. The molecule has 2 aromatic carbocycles. The van der Waals surface area contributed by atoms with Gasteiger partial charge in [0.25, 0.3) is 0 Å². The Labute approximate surface area is 137 Å². The number of ether oxygens (including phenoxy) is 3. The Bertz CT molecular complexity index is 972. The largest absolute Gasteiger partial charge is 0.497 e. The van der Waals surface area contributed by atoms with Crippen molar-refractivity contribution in [3.8, 4) is 11.5 Å². The average Bonchev–Trinajstić information content (AvgIpc) is 2.60. The van der Waals surface area contributed by atoms with Crippen LogP contribution in [0.1, 0.15) is 6.92 Å². The third kappa shape index (κ3) is 2.78. The maximum Gasteiger partial charge on any atom is 0.346 e. The van der Waals surface area contributed by atoms with Gasteiger partial charge in [0, 0.05) is 16.8 Å². The van der Waals surface area contributed by atoms with Gasteiger partial charge in [0.2, 0.25) is 0 Å². The molecule has 6 heteroatoms. The summed E-state index contributed by atoms with van der Waals surface area (Å²) in [7, 11) is 2.83. The molecule has 0 aliphatic rings. The lowest BCUT2D eigenvalue weighted by Gasteiger charge is -2.13. The predicted octanol–water partition coefficient (Wildman–Crippen LogP) is 2.90. The van der Waals surface area contributed by atoms with Gasteiger partial charge in [-0.15, -0.1) is 0 Å². The minimum atomic E-state index is -0.760. The Morgan fingerprint density at radius 2 is 1.71 bits per heavy atom. The highest BCUT2D eigenvalue weighted by Gasteiger charge is 2.16. The van der Waals surface area contributed by atoms with Gasteiger partial charge in [-0.3, -0.25) is 0 Å². The summed E-state index contributed by atoms with van der Waals surface area (Å²) in [4.78, 5) is 23.6. The lowest BCUT2D eigenvalue weighted by atomic mass is 10.1. The summed E-state index contributed by atoms with van der Waals surface area (Å²) in [6, 6.07) is 10.3. The van der Waals surface area contributed by atoms with Gasteiger partial charge in [0.15, 0.2) is 6.10 Å². The number of hydrogen-bond acceptors (Lipinski definition) is 6. The molecule has 0 saturated heterocycles. The van der Waals surface area contributed by atoms with E-state index in [2.05, 4.69) is 4.74 Å². The van der Waals surface area contributed by atoms with E-state index in [0.29, 0.717) is 22.5 Å². The van der Waals surface area contributed by atoms with Gasteiger partial charge < -0.3 is 18.6 Å². The minimum Gasteiger partial charge on any atom is -0.497 e. The van der Waals surface area contributed by atoms with Crippen LogP contribution in [0.2, 0.25) is 0 Å². The van der Waals surface area contributed by atoms with Crippen LogP contribution >= 0.6 is 0 Å². The Kier molecular flexibility index (Phi) is 4.12. The monoisotopic (exact) mass is 328 g/mol. The molecule has 0 fully saturated rings. The molecular weight excluding hydrogens is 312 g/mol. The summed E-state index contributed by atoms with van der Waals surface area (Å²) in [5.74, 6) is 0.513. The second-order valence-electron chi connectivity index (χ2n) is 5.24. The summed E-state index contributed by atoms with van der Waals surface area (Å²) < 4.78 is 20.6. The SMILES string of the molecule is COC(=O)[C@H](C)Oc1ccc2c(c1)oc(=O)c1cc(OC)ccc12. The number of carbonyl (C=O) groups excluding carboxylic acids is 1. The lowest BCUT2D eigenvalue weighted by molar-refractivity contribution is -0.147. The molecule has 1 heterocycles. The zero-order valence-corrected chi connectivity index (χ0v) is 13.5. The fraction of sp³-hybridized carbons (Fsp3) is 0.222. The Morgan fingerprint density at radius 1 is 1.00 bits per heavy atom. The highest BCUT2D eigenvalue weighted by Crippen LogP contribution is 2.28. The van der Waals surface area contributed by atoms with E-state index in [-0.39, 0.29) is 0 Å². The van der Waals surface area contributed by atoms with E-state index in [4.69, 9.17) is 13.9 Å². The molecular formula is C18H16O6. The van der Waals surface area contributed by atoms with Crippen molar-refractivity contribution in [1.29, 1.82) is 0 Å². The number of esters is 1. The van der Waals surface area contributed by atoms with Crippen molar-refractivity contribution >= 4 is 27.7 Å². The molecule has 6 nitrogen and oxygen atoms in total. The van der Waals surface area contributed by atoms with Crippen molar-refractivity contribution < 1.29 is 23.4 Å². The molecule has 124 valence electrons. The first-order valence-corrected chi connectivity index (χ1v) is 7.32. The smallest absolute Gasteiger partial charge is 0.346 e. The molecule has 3 rings (SSSR count). The van der Waals surface area contributed by atoms with Crippen molar-refractivity contribution in [2.24, 2.45) is 0 Å². The third-order valence-electron chi connectivity index (χ3n) is 3.74. The van der Waals surface area contributed by atoms with Crippen molar-refractivity contribution in [2.75, 3.05) is 14.2 Å². The second-order valence-corrected chi connectivity index (χ2v) is 5.24.